The molecule has 1 aliphatic rings. The smallest absolute Gasteiger partial charge is 0.233 e. The van der Waals surface area contributed by atoms with Crippen LogP contribution in [0.25, 0.3) is 0 Å². The first kappa shape index (κ1) is 12.9. The Morgan fingerprint density at radius 3 is 3.05 bits per heavy atom. The molecule has 0 fully saturated rings. The molecule has 1 N–H and O–H groups in total. The molecule has 1 unspecified atom stereocenters. The van der Waals surface area contributed by atoms with E-state index in [4.69, 9.17) is 16.3 Å². The third-order valence-electron chi connectivity index (χ3n) is 3.15. The molecule has 3 rings (SSSR count). The van der Waals surface area contributed by atoms with Crippen LogP contribution in [-0.2, 0) is 4.79 Å². The summed E-state index contributed by atoms with van der Waals surface area (Å²) in [7, 11) is 0. The number of amides is 1. The van der Waals surface area contributed by atoms with E-state index in [1.54, 1.807) is 6.07 Å². The van der Waals surface area contributed by atoms with Gasteiger partial charge < -0.3 is 10.1 Å². The number of ether oxygens (including phenoxy) is 1. The Bertz CT molecular complexity index is 648. The predicted octanol–water partition coefficient (Wildman–Crippen LogP) is 2.63. The molecule has 6 heteroatoms. The van der Waals surface area contributed by atoms with E-state index >= 15 is 0 Å². The van der Waals surface area contributed by atoms with Crippen LogP contribution in [0.4, 0.5) is 5.82 Å². The highest BCUT2D eigenvalue weighted by molar-refractivity contribution is 6.28. The molecule has 1 amide bonds. The second-order valence-electron chi connectivity index (χ2n) is 4.43. The quantitative estimate of drug-likeness (QED) is 0.863. The summed E-state index contributed by atoms with van der Waals surface area (Å²) in [6.07, 6.45) is 2.14. The standard InChI is InChI=1S/C14H12ClN3O2/c15-14-16-7-5-12(18-14)17-13(19)10-6-8-20-11-4-2-1-3-9(10)11/h1-5,7,10H,6,8H2,(H,16,17,18,19). The molecule has 0 aliphatic carbocycles. The van der Waals surface area contributed by atoms with Crippen molar-refractivity contribution in [3.8, 4) is 5.75 Å². The molecule has 1 aliphatic heterocycles. The predicted molar refractivity (Wildman–Crippen MR) is 75.0 cm³/mol. The number of nitrogens with zero attached hydrogens (tertiary/aromatic N) is 2. The summed E-state index contributed by atoms with van der Waals surface area (Å²) < 4.78 is 5.55. The second kappa shape index (κ2) is 5.46. The molecule has 1 aromatic heterocycles. The van der Waals surface area contributed by atoms with E-state index in [9.17, 15) is 4.79 Å². The summed E-state index contributed by atoms with van der Waals surface area (Å²) in [5.74, 6) is 0.808. The number of carbonyl (C=O) groups is 1. The molecular formula is C14H12ClN3O2. The first-order valence-electron chi connectivity index (χ1n) is 6.25. The van der Waals surface area contributed by atoms with Gasteiger partial charge in [-0.2, -0.15) is 0 Å². The largest absolute Gasteiger partial charge is 0.493 e. The van der Waals surface area contributed by atoms with E-state index in [2.05, 4.69) is 15.3 Å². The topological polar surface area (TPSA) is 64.1 Å². The number of aromatic nitrogens is 2. The summed E-state index contributed by atoms with van der Waals surface area (Å²) >= 11 is 5.70. The summed E-state index contributed by atoms with van der Waals surface area (Å²) in [4.78, 5) is 20.1. The van der Waals surface area contributed by atoms with Crippen molar-refractivity contribution in [2.45, 2.75) is 12.3 Å². The number of benzene rings is 1. The molecular weight excluding hydrogens is 278 g/mol. The normalized spacial score (nSPS) is 16.9. The molecule has 102 valence electrons. The van der Waals surface area contributed by atoms with Crippen LogP contribution in [0.5, 0.6) is 5.75 Å². The molecule has 0 spiro atoms. The molecule has 0 saturated heterocycles. The van der Waals surface area contributed by atoms with Gasteiger partial charge in [0, 0.05) is 11.8 Å². The van der Waals surface area contributed by atoms with Crippen molar-refractivity contribution in [1.29, 1.82) is 0 Å². The van der Waals surface area contributed by atoms with Crippen molar-refractivity contribution >= 4 is 23.3 Å². The fourth-order valence-electron chi connectivity index (χ4n) is 2.23. The number of hydrogen-bond acceptors (Lipinski definition) is 4. The highest BCUT2D eigenvalue weighted by Crippen LogP contribution is 2.33. The van der Waals surface area contributed by atoms with Gasteiger partial charge in [-0.25, -0.2) is 9.97 Å². The zero-order valence-corrected chi connectivity index (χ0v) is 11.3. The zero-order chi connectivity index (χ0) is 13.9. The van der Waals surface area contributed by atoms with E-state index in [-0.39, 0.29) is 17.1 Å². The van der Waals surface area contributed by atoms with Crippen LogP contribution in [0.3, 0.4) is 0 Å². The first-order valence-corrected chi connectivity index (χ1v) is 6.63. The van der Waals surface area contributed by atoms with Crippen LogP contribution in [0.15, 0.2) is 36.5 Å². The zero-order valence-electron chi connectivity index (χ0n) is 10.5. The maximum atomic E-state index is 12.4. The molecule has 2 aromatic rings. The SMILES string of the molecule is O=C(Nc1ccnc(Cl)n1)C1CCOc2ccccc21. The van der Waals surface area contributed by atoms with Crippen molar-refractivity contribution in [3.63, 3.8) is 0 Å². The Morgan fingerprint density at radius 1 is 1.35 bits per heavy atom. The average Bonchev–Trinajstić information content (AvgIpc) is 2.46. The summed E-state index contributed by atoms with van der Waals surface area (Å²) in [5, 5.41) is 2.87. The second-order valence-corrected chi connectivity index (χ2v) is 4.77. The van der Waals surface area contributed by atoms with E-state index in [0.717, 1.165) is 11.3 Å². The maximum absolute atomic E-state index is 12.4. The van der Waals surface area contributed by atoms with Gasteiger partial charge in [-0.05, 0) is 30.2 Å². The maximum Gasteiger partial charge on any atom is 0.233 e. The number of halogens is 1. The van der Waals surface area contributed by atoms with Gasteiger partial charge in [0.05, 0.1) is 12.5 Å². The highest BCUT2D eigenvalue weighted by Gasteiger charge is 2.27. The van der Waals surface area contributed by atoms with Gasteiger partial charge in [-0.3, -0.25) is 4.79 Å². The van der Waals surface area contributed by atoms with Gasteiger partial charge in [-0.1, -0.05) is 18.2 Å². The van der Waals surface area contributed by atoms with Crippen molar-refractivity contribution in [1.82, 2.24) is 9.97 Å². The fourth-order valence-corrected chi connectivity index (χ4v) is 2.38. The lowest BCUT2D eigenvalue weighted by Gasteiger charge is -2.24. The molecule has 5 nitrogen and oxygen atoms in total. The highest BCUT2D eigenvalue weighted by atomic mass is 35.5. The number of fused-ring (bicyclic) bond motifs is 1. The van der Waals surface area contributed by atoms with E-state index < -0.39 is 0 Å². The van der Waals surface area contributed by atoms with E-state index in [1.165, 1.54) is 6.20 Å². The van der Waals surface area contributed by atoms with E-state index in [1.807, 2.05) is 24.3 Å². The van der Waals surface area contributed by atoms with E-state index in [0.29, 0.717) is 18.8 Å². The monoisotopic (exact) mass is 289 g/mol. The fraction of sp³-hybridized carbons (Fsp3) is 0.214. The minimum atomic E-state index is -0.242. The van der Waals surface area contributed by atoms with Gasteiger partial charge in [-0.15, -0.1) is 0 Å². The number of carbonyl (C=O) groups excluding carboxylic acids is 1. The van der Waals surface area contributed by atoms with Crippen LogP contribution < -0.4 is 10.1 Å². The van der Waals surface area contributed by atoms with Gasteiger partial charge in [0.1, 0.15) is 11.6 Å². The third-order valence-corrected chi connectivity index (χ3v) is 3.33. The van der Waals surface area contributed by atoms with Crippen molar-refractivity contribution in [3.05, 3.63) is 47.4 Å². The Hall–Kier alpha value is -2.14. The number of rotatable bonds is 2. The summed E-state index contributed by atoms with van der Waals surface area (Å²) in [6.45, 7) is 0.527. The van der Waals surface area contributed by atoms with Crippen LogP contribution >= 0.6 is 11.6 Å². The Kier molecular flexibility index (Phi) is 3.52. The average molecular weight is 290 g/mol. The first-order chi connectivity index (χ1) is 9.74. The number of nitrogens with one attached hydrogen (secondary N) is 1. The molecule has 0 radical (unpaired) electrons. The molecule has 0 bridgehead atoms. The minimum absolute atomic E-state index is 0.107. The molecule has 1 aromatic carbocycles. The van der Waals surface area contributed by atoms with Crippen LogP contribution in [-0.4, -0.2) is 22.5 Å². The number of para-hydroxylation sites is 1. The minimum Gasteiger partial charge on any atom is -0.493 e. The lowest BCUT2D eigenvalue weighted by Crippen LogP contribution is -2.26. The van der Waals surface area contributed by atoms with Gasteiger partial charge in [0.15, 0.2) is 0 Å². The molecule has 0 saturated carbocycles. The van der Waals surface area contributed by atoms with Crippen LogP contribution in [0.2, 0.25) is 5.28 Å². The third kappa shape index (κ3) is 2.58. The number of anilines is 1. The number of hydrogen-bond donors (Lipinski definition) is 1. The van der Waals surface area contributed by atoms with Gasteiger partial charge in [0.25, 0.3) is 0 Å². The van der Waals surface area contributed by atoms with Gasteiger partial charge >= 0.3 is 0 Å². The summed E-state index contributed by atoms with van der Waals surface area (Å²) in [6, 6.07) is 9.18. The van der Waals surface area contributed by atoms with Crippen molar-refractivity contribution in [2.24, 2.45) is 0 Å². The Labute approximate surface area is 121 Å². The lowest BCUT2D eigenvalue weighted by molar-refractivity contribution is -0.118. The molecule has 1 atom stereocenters. The van der Waals surface area contributed by atoms with Crippen molar-refractivity contribution in [2.75, 3.05) is 11.9 Å². The van der Waals surface area contributed by atoms with Gasteiger partial charge in [0.2, 0.25) is 11.2 Å². The molecule has 2 heterocycles. The summed E-state index contributed by atoms with van der Waals surface area (Å²) in [5.41, 5.74) is 0.899. The Morgan fingerprint density at radius 2 is 2.20 bits per heavy atom. The molecule has 20 heavy (non-hydrogen) atoms. The van der Waals surface area contributed by atoms with Crippen LogP contribution in [0, 0.1) is 0 Å². The Balaban J connectivity index is 1.82. The van der Waals surface area contributed by atoms with Crippen LogP contribution in [0.1, 0.15) is 17.9 Å². The lowest BCUT2D eigenvalue weighted by atomic mass is 9.92. The van der Waals surface area contributed by atoms with Crippen molar-refractivity contribution < 1.29 is 9.53 Å².